The Morgan fingerprint density at radius 1 is 1.29 bits per heavy atom. The van der Waals surface area contributed by atoms with E-state index in [0.717, 1.165) is 12.0 Å². The summed E-state index contributed by atoms with van der Waals surface area (Å²) in [5.41, 5.74) is 1.54. The number of halogens is 1. The molecule has 2 fully saturated rings. The van der Waals surface area contributed by atoms with Gasteiger partial charge in [0, 0.05) is 49.6 Å². The summed E-state index contributed by atoms with van der Waals surface area (Å²) < 4.78 is 13.7. The van der Waals surface area contributed by atoms with Gasteiger partial charge in [0.15, 0.2) is 11.6 Å². The van der Waals surface area contributed by atoms with E-state index in [0.29, 0.717) is 26.2 Å². The van der Waals surface area contributed by atoms with E-state index in [4.69, 9.17) is 0 Å². The van der Waals surface area contributed by atoms with Gasteiger partial charge < -0.3 is 9.80 Å². The van der Waals surface area contributed by atoms with Gasteiger partial charge in [-0.2, -0.15) is 5.10 Å². The van der Waals surface area contributed by atoms with E-state index < -0.39 is 5.82 Å². The maximum atomic E-state index is 13.7. The average molecular weight is 329 g/mol. The lowest BCUT2D eigenvalue weighted by molar-refractivity contribution is 0.0741. The highest BCUT2D eigenvalue weighted by Crippen LogP contribution is 2.47. The predicted molar refractivity (Wildman–Crippen MR) is 87.5 cm³/mol. The number of rotatable bonds is 3. The second-order valence-corrected chi connectivity index (χ2v) is 6.84. The molecule has 0 radical (unpaired) electrons. The van der Waals surface area contributed by atoms with Crippen LogP contribution in [0.1, 0.15) is 35.8 Å². The van der Waals surface area contributed by atoms with Crippen LogP contribution < -0.4 is 4.90 Å². The van der Waals surface area contributed by atoms with Gasteiger partial charge in [0.1, 0.15) is 0 Å². The lowest BCUT2D eigenvalue weighted by Gasteiger charge is -2.34. The van der Waals surface area contributed by atoms with Crippen LogP contribution in [0.5, 0.6) is 0 Å². The molecule has 0 spiro atoms. The first-order valence-electron chi connectivity index (χ1n) is 8.26. The maximum Gasteiger partial charge on any atom is 0.257 e. The number of piperazine rings is 1. The van der Waals surface area contributed by atoms with Gasteiger partial charge in [-0.1, -0.05) is 6.92 Å². The third kappa shape index (κ3) is 2.64. The van der Waals surface area contributed by atoms with Crippen molar-refractivity contribution in [3.8, 4) is 0 Å². The number of carbonyl (C=O) groups is 1. The van der Waals surface area contributed by atoms with E-state index in [1.165, 1.54) is 30.8 Å². The summed E-state index contributed by atoms with van der Waals surface area (Å²) >= 11 is 0. The Kier molecular flexibility index (Phi) is 3.51. The van der Waals surface area contributed by atoms with E-state index in [1.807, 2.05) is 0 Å². The number of hydrogen-bond donors (Lipinski definition) is 1. The summed E-state index contributed by atoms with van der Waals surface area (Å²) in [5, 5.41) is 7.56. The van der Waals surface area contributed by atoms with Crippen LogP contribution in [0.4, 0.5) is 10.2 Å². The van der Waals surface area contributed by atoms with Crippen LogP contribution in [-0.2, 0) is 5.41 Å². The van der Waals surface area contributed by atoms with Gasteiger partial charge in [0.2, 0.25) is 0 Å². The largest absolute Gasteiger partial charge is 0.352 e. The Bertz CT molecular complexity index is 762. The van der Waals surface area contributed by atoms with Crippen LogP contribution in [0.3, 0.4) is 0 Å². The van der Waals surface area contributed by atoms with Crippen LogP contribution in [0.25, 0.3) is 0 Å². The van der Waals surface area contributed by atoms with Crippen molar-refractivity contribution in [1.29, 1.82) is 0 Å². The quantitative estimate of drug-likeness (QED) is 0.935. The minimum absolute atomic E-state index is 0.0853. The van der Waals surface area contributed by atoms with Gasteiger partial charge in [-0.3, -0.25) is 14.9 Å². The first-order chi connectivity index (χ1) is 11.6. The molecular formula is C17H20FN5O. The number of H-pyrrole nitrogens is 1. The number of carbonyl (C=O) groups excluding carboxylic acids is 1. The van der Waals surface area contributed by atoms with Gasteiger partial charge in [-0.05, 0) is 18.9 Å². The van der Waals surface area contributed by atoms with Gasteiger partial charge in [-0.25, -0.2) is 4.39 Å². The van der Waals surface area contributed by atoms with Gasteiger partial charge in [-0.15, -0.1) is 0 Å². The number of hydrogen-bond acceptors (Lipinski definition) is 4. The molecule has 1 saturated heterocycles. The van der Waals surface area contributed by atoms with Crippen LogP contribution >= 0.6 is 0 Å². The molecule has 7 heteroatoms. The number of amides is 1. The molecule has 126 valence electrons. The van der Waals surface area contributed by atoms with Crippen molar-refractivity contribution in [1.82, 2.24) is 20.1 Å². The van der Waals surface area contributed by atoms with Crippen LogP contribution in [0.15, 0.2) is 24.5 Å². The zero-order valence-corrected chi connectivity index (χ0v) is 13.6. The molecule has 24 heavy (non-hydrogen) atoms. The van der Waals surface area contributed by atoms with E-state index >= 15 is 0 Å². The molecule has 4 rings (SSSR count). The van der Waals surface area contributed by atoms with Gasteiger partial charge >= 0.3 is 0 Å². The van der Waals surface area contributed by atoms with Crippen LogP contribution in [0.2, 0.25) is 0 Å². The Hall–Kier alpha value is -2.44. The second-order valence-electron chi connectivity index (χ2n) is 6.84. The summed E-state index contributed by atoms with van der Waals surface area (Å²) in [6.45, 7) is 4.74. The molecule has 6 nitrogen and oxygen atoms in total. The lowest BCUT2D eigenvalue weighted by atomic mass is 10.1. The zero-order chi connectivity index (χ0) is 16.7. The SMILES string of the molecule is CC1(c2cc(N3CCN(C(=O)c4ccncc4F)CC3)n[nH]2)CC1. The van der Waals surface area contributed by atoms with Crippen molar-refractivity contribution in [2.24, 2.45) is 0 Å². The second kappa shape index (κ2) is 5.58. The van der Waals surface area contributed by atoms with Crippen LogP contribution in [0, 0.1) is 5.82 Å². The van der Waals surface area contributed by atoms with Crippen molar-refractivity contribution < 1.29 is 9.18 Å². The highest BCUT2D eigenvalue weighted by atomic mass is 19.1. The van der Waals surface area contributed by atoms with Crippen molar-refractivity contribution in [3.05, 3.63) is 41.6 Å². The first kappa shape index (κ1) is 15.1. The summed E-state index contributed by atoms with van der Waals surface area (Å²) in [5.74, 6) is 0.0858. The smallest absolute Gasteiger partial charge is 0.257 e. The number of pyridine rings is 1. The maximum absolute atomic E-state index is 13.7. The monoisotopic (exact) mass is 329 g/mol. The molecule has 1 aliphatic heterocycles. The first-order valence-corrected chi connectivity index (χ1v) is 8.26. The van der Waals surface area contributed by atoms with Crippen molar-refractivity contribution >= 4 is 11.7 Å². The molecule has 0 unspecified atom stereocenters. The summed E-state index contributed by atoms with van der Waals surface area (Å²) in [4.78, 5) is 20.0. The van der Waals surface area contributed by atoms with E-state index in [1.54, 1.807) is 4.90 Å². The molecular weight excluding hydrogens is 309 g/mol. The fourth-order valence-electron chi connectivity index (χ4n) is 3.10. The molecule has 0 aromatic carbocycles. The third-order valence-corrected chi connectivity index (χ3v) is 5.11. The average Bonchev–Trinajstić information content (AvgIpc) is 3.16. The normalized spacial score (nSPS) is 19.4. The fraction of sp³-hybridized carbons (Fsp3) is 0.471. The number of anilines is 1. The van der Waals surface area contributed by atoms with Crippen molar-refractivity contribution in [2.75, 3.05) is 31.1 Å². The summed E-state index contributed by atoms with van der Waals surface area (Å²) in [6, 6.07) is 3.55. The molecule has 2 aromatic rings. The number of nitrogens with one attached hydrogen (secondary N) is 1. The molecule has 1 aliphatic carbocycles. The summed E-state index contributed by atoms with van der Waals surface area (Å²) in [7, 11) is 0. The van der Waals surface area contributed by atoms with Gasteiger partial charge in [0.25, 0.3) is 5.91 Å². The Morgan fingerprint density at radius 2 is 2.04 bits per heavy atom. The minimum Gasteiger partial charge on any atom is -0.352 e. The van der Waals surface area contributed by atoms with E-state index in [2.05, 4.69) is 33.1 Å². The summed E-state index contributed by atoms with van der Waals surface area (Å²) in [6.07, 6.45) is 4.92. The van der Waals surface area contributed by atoms with E-state index in [9.17, 15) is 9.18 Å². The van der Waals surface area contributed by atoms with Crippen molar-refractivity contribution in [3.63, 3.8) is 0 Å². The minimum atomic E-state index is -0.570. The number of aromatic amines is 1. The molecule has 2 aromatic heterocycles. The molecule has 0 atom stereocenters. The topological polar surface area (TPSA) is 65.1 Å². The van der Waals surface area contributed by atoms with Gasteiger partial charge in [0.05, 0.1) is 11.8 Å². The number of aromatic nitrogens is 3. The van der Waals surface area contributed by atoms with E-state index in [-0.39, 0.29) is 16.9 Å². The zero-order valence-electron chi connectivity index (χ0n) is 13.6. The highest BCUT2D eigenvalue weighted by molar-refractivity contribution is 5.94. The molecule has 1 N–H and O–H groups in total. The third-order valence-electron chi connectivity index (χ3n) is 5.11. The van der Waals surface area contributed by atoms with Crippen molar-refractivity contribution in [2.45, 2.75) is 25.2 Å². The Balaban J connectivity index is 1.41. The van der Waals surface area contributed by atoms with Crippen LogP contribution in [-0.4, -0.2) is 52.2 Å². The molecule has 0 bridgehead atoms. The lowest BCUT2D eigenvalue weighted by Crippen LogP contribution is -2.49. The fourth-order valence-corrected chi connectivity index (χ4v) is 3.10. The standard InChI is InChI=1S/C17H20FN5O/c1-17(3-4-17)14-10-15(21-20-14)22-6-8-23(9-7-22)16(24)12-2-5-19-11-13(12)18/h2,5,10-11H,3-4,6-9H2,1H3,(H,20,21). The molecule has 3 heterocycles. The molecule has 1 saturated carbocycles. The Morgan fingerprint density at radius 3 is 2.71 bits per heavy atom. The Labute approximate surface area is 139 Å². The number of nitrogens with zero attached hydrogens (tertiary/aromatic N) is 4. The highest BCUT2D eigenvalue weighted by Gasteiger charge is 2.41. The molecule has 2 aliphatic rings. The predicted octanol–water partition coefficient (Wildman–Crippen LogP) is 1.96. The molecule has 1 amide bonds.